The second-order valence-corrected chi connectivity index (χ2v) is 4.81. The molecule has 1 aliphatic heterocycles. The molecule has 1 aromatic rings. The number of anilines is 1. The van der Waals surface area contributed by atoms with E-state index in [0.717, 1.165) is 18.8 Å². The van der Waals surface area contributed by atoms with Gasteiger partial charge in [0, 0.05) is 30.9 Å². The molecule has 0 N–H and O–H groups in total. The molecule has 1 aliphatic rings. The predicted molar refractivity (Wildman–Crippen MR) is 70.3 cm³/mol. The Labute approximate surface area is 107 Å². The van der Waals surface area contributed by atoms with Crippen LogP contribution >= 0.6 is 0 Å². The van der Waals surface area contributed by atoms with E-state index in [1.807, 2.05) is 0 Å². The fourth-order valence-electron chi connectivity index (χ4n) is 2.44. The summed E-state index contributed by atoms with van der Waals surface area (Å²) in [6.45, 7) is 4.24. The number of nitrogens with zero attached hydrogens (tertiary/aromatic N) is 2. The zero-order valence-corrected chi connectivity index (χ0v) is 10.8. The van der Waals surface area contributed by atoms with Gasteiger partial charge in [-0.3, -0.25) is 10.1 Å². The molecule has 1 atom stereocenters. The molecule has 0 aliphatic carbocycles. The molecule has 0 spiro atoms. The lowest BCUT2D eigenvalue weighted by Gasteiger charge is -2.32. The van der Waals surface area contributed by atoms with Crippen LogP contribution in [-0.4, -0.2) is 25.1 Å². The lowest BCUT2D eigenvalue weighted by atomic mass is 10.00. The number of hydrogen-bond acceptors (Lipinski definition) is 4. The molecule has 0 unspecified atom stereocenters. The SMILES string of the molecule is COc1cc(N2CCC[C@H](C)C2)ccc1[N+](=O)[O-]. The van der Waals surface area contributed by atoms with Gasteiger partial charge in [0.2, 0.25) is 0 Å². The van der Waals surface area contributed by atoms with Crippen molar-refractivity contribution in [2.75, 3.05) is 25.1 Å². The van der Waals surface area contributed by atoms with Gasteiger partial charge in [0.1, 0.15) is 0 Å². The van der Waals surface area contributed by atoms with Gasteiger partial charge in [-0.05, 0) is 24.8 Å². The van der Waals surface area contributed by atoms with Gasteiger partial charge in [-0.15, -0.1) is 0 Å². The maximum Gasteiger partial charge on any atom is 0.311 e. The number of methoxy groups -OCH3 is 1. The summed E-state index contributed by atoms with van der Waals surface area (Å²) >= 11 is 0. The van der Waals surface area contributed by atoms with Crippen LogP contribution in [0.1, 0.15) is 19.8 Å². The minimum absolute atomic E-state index is 0.0197. The molecule has 5 nitrogen and oxygen atoms in total. The number of nitro benzene ring substituents is 1. The Balaban J connectivity index is 2.26. The Hall–Kier alpha value is -1.78. The molecule has 98 valence electrons. The zero-order valence-electron chi connectivity index (χ0n) is 10.8. The summed E-state index contributed by atoms with van der Waals surface area (Å²) in [6, 6.07) is 5.09. The summed E-state index contributed by atoms with van der Waals surface area (Å²) < 4.78 is 5.10. The highest BCUT2D eigenvalue weighted by Gasteiger charge is 2.20. The highest BCUT2D eigenvalue weighted by molar-refractivity contribution is 5.59. The van der Waals surface area contributed by atoms with Gasteiger partial charge in [0.15, 0.2) is 5.75 Å². The van der Waals surface area contributed by atoms with E-state index in [2.05, 4.69) is 11.8 Å². The van der Waals surface area contributed by atoms with Crippen molar-refractivity contribution in [2.45, 2.75) is 19.8 Å². The van der Waals surface area contributed by atoms with Crippen LogP contribution in [0.4, 0.5) is 11.4 Å². The van der Waals surface area contributed by atoms with Crippen molar-refractivity contribution in [1.29, 1.82) is 0 Å². The van der Waals surface area contributed by atoms with Crippen LogP contribution in [0.5, 0.6) is 5.75 Å². The third-order valence-corrected chi connectivity index (χ3v) is 3.38. The second-order valence-electron chi connectivity index (χ2n) is 4.81. The van der Waals surface area contributed by atoms with E-state index < -0.39 is 4.92 Å². The summed E-state index contributed by atoms with van der Waals surface area (Å²) in [6.07, 6.45) is 2.42. The first-order chi connectivity index (χ1) is 8.61. The molecule has 0 amide bonds. The molecule has 1 fully saturated rings. The fraction of sp³-hybridized carbons (Fsp3) is 0.538. The lowest BCUT2D eigenvalue weighted by Crippen LogP contribution is -2.34. The van der Waals surface area contributed by atoms with Gasteiger partial charge in [-0.2, -0.15) is 0 Å². The Bertz CT molecular complexity index is 448. The van der Waals surface area contributed by atoms with Crippen LogP contribution in [0.25, 0.3) is 0 Å². The normalized spacial score (nSPS) is 19.7. The van der Waals surface area contributed by atoms with E-state index in [4.69, 9.17) is 4.74 Å². The van der Waals surface area contributed by atoms with Crippen LogP contribution in [0, 0.1) is 16.0 Å². The summed E-state index contributed by atoms with van der Waals surface area (Å²) in [5, 5.41) is 10.8. The summed E-state index contributed by atoms with van der Waals surface area (Å²) in [7, 11) is 1.46. The molecule has 0 saturated carbocycles. The van der Waals surface area contributed by atoms with Crippen molar-refractivity contribution in [1.82, 2.24) is 0 Å². The highest BCUT2D eigenvalue weighted by atomic mass is 16.6. The molecule has 1 aromatic carbocycles. The molecule has 1 heterocycles. The summed E-state index contributed by atoms with van der Waals surface area (Å²) in [4.78, 5) is 12.7. The van der Waals surface area contributed by atoms with E-state index in [0.29, 0.717) is 11.7 Å². The van der Waals surface area contributed by atoms with Crippen molar-refractivity contribution in [2.24, 2.45) is 5.92 Å². The molecule has 18 heavy (non-hydrogen) atoms. The fourth-order valence-corrected chi connectivity index (χ4v) is 2.44. The number of benzene rings is 1. The minimum atomic E-state index is -0.415. The Morgan fingerprint density at radius 2 is 2.28 bits per heavy atom. The van der Waals surface area contributed by atoms with Gasteiger partial charge < -0.3 is 9.64 Å². The highest BCUT2D eigenvalue weighted by Crippen LogP contribution is 2.32. The zero-order chi connectivity index (χ0) is 13.1. The monoisotopic (exact) mass is 250 g/mol. The third kappa shape index (κ3) is 2.55. The van der Waals surface area contributed by atoms with Gasteiger partial charge in [-0.25, -0.2) is 0 Å². The largest absolute Gasteiger partial charge is 0.490 e. The van der Waals surface area contributed by atoms with Crippen molar-refractivity contribution in [3.8, 4) is 5.75 Å². The van der Waals surface area contributed by atoms with Gasteiger partial charge in [-0.1, -0.05) is 6.92 Å². The molecule has 0 radical (unpaired) electrons. The first kappa shape index (κ1) is 12.7. The first-order valence-electron chi connectivity index (χ1n) is 6.19. The maximum absolute atomic E-state index is 10.8. The number of nitro groups is 1. The average molecular weight is 250 g/mol. The van der Waals surface area contributed by atoms with E-state index in [-0.39, 0.29) is 5.69 Å². The van der Waals surface area contributed by atoms with E-state index >= 15 is 0 Å². The van der Waals surface area contributed by atoms with Crippen LogP contribution in [0.3, 0.4) is 0 Å². The Morgan fingerprint density at radius 1 is 1.50 bits per heavy atom. The second kappa shape index (κ2) is 5.25. The molecule has 0 bridgehead atoms. The molecule has 0 aromatic heterocycles. The number of ether oxygens (including phenoxy) is 1. The molecule has 1 saturated heterocycles. The van der Waals surface area contributed by atoms with Gasteiger partial charge in [0.25, 0.3) is 0 Å². The van der Waals surface area contributed by atoms with Crippen molar-refractivity contribution < 1.29 is 9.66 Å². The smallest absolute Gasteiger partial charge is 0.311 e. The van der Waals surface area contributed by atoms with E-state index in [1.165, 1.54) is 26.0 Å². The van der Waals surface area contributed by atoms with Crippen LogP contribution in [-0.2, 0) is 0 Å². The average Bonchev–Trinajstić information content (AvgIpc) is 2.37. The Morgan fingerprint density at radius 3 is 2.89 bits per heavy atom. The molecule has 5 heteroatoms. The quantitative estimate of drug-likeness (QED) is 0.611. The first-order valence-corrected chi connectivity index (χ1v) is 6.19. The lowest BCUT2D eigenvalue weighted by molar-refractivity contribution is -0.385. The Kier molecular flexibility index (Phi) is 3.69. The van der Waals surface area contributed by atoms with Crippen molar-refractivity contribution in [3.63, 3.8) is 0 Å². The molecular weight excluding hydrogens is 232 g/mol. The van der Waals surface area contributed by atoms with Crippen LogP contribution in [0.15, 0.2) is 18.2 Å². The number of rotatable bonds is 3. The van der Waals surface area contributed by atoms with E-state index in [1.54, 1.807) is 12.1 Å². The number of hydrogen-bond donors (Lipinski definition) is 0. The van der Waals surface area contributed by atoms with Crippen molar-refractivity contribution in [3.05, 3.63) is 28.3 Å². The number of piperidine rings is 1. The van der Waals surface area contributed by atoms with Crippen LogP contribution in [0.2, 0.25) is 0 Å². The van der Waals surface area contributed by atoms with E-state index in [9.17, 15) is 10.1 Å². The minimum Gasteiger partial charge on any atom is -0.490 e. The van der Waals surface area contributed by atoms with Gasteiger partial charge in [0.05, 0.1) is 12.0 Å². The maximum atomic E-state index is 10.8. The van der Waals surface area contributed by atoms with Gasteiger partial charge >= 0.3 is 5.69 Å². The van der Waals surface area contributed by atoms with Crippen molar-refractivity contribution >= 4 is 11.4 Å². The third-order valence-electron chi connectivity index (χ3n) is 3.38. The summed E-state index contributed by atoms with van der Waals surface area (Å²) in [5.41, 5.74) is 1.02. The molecular formula is C13H18N2O3. The predicted octanol–water partition coefficient (Wildman–Crippen LogP) is 2.84. The van der Waals surface area contributed by atoms with Crippen LogP contribution < -0.4 is 9.64 Å². The summed E-state index contributed by atoms with van der Waals surface area (Å²) in [5.74, 6) is 0.996. The topological polar surface area (TPSA) is 55.6 Å². The standard InChI is InChI=1S/C13H18N2O3/c1-10-4-3-7-14(9-10)11-5-6-12(15(16)17)13(8-11)18-2/h5-6,8,10H,3-4,7,9H2,1-2H3/t10-/m0/s1. The molecule has 2 rings (SSSR count).